The number of hydrogen-bond acceptors (Lipinski definition) is 9. The van der Waals surface area contributed by atoms with Crippen molar-refractivity contribution in [2.75, 3.05) is 13.6 Å². The average molecular weight is 493 g/mol. The number of likely N-dealkylation sites (N-methyl/N-ethyl adjacent to an activating group) is 1. The fourth-order valence-corrected chi connectivity index (χ4v) is 6.25. The van der Waals surface area contributed by atoms with Crippen LogP contribution in [0, 0.1) is 0 Å². The highest BCUT2D eigenvalue weighted by Crippen LogP contribution is 2.64. The Morgan fingerprint density at radius 3 is 2.34 bits per heavy atom. The molecule has 6 N–H and O–H groups in total. The maximum atomic E-state index is 12.5. The number of aliphatic carboxylic acids is 3. The van der Waals surface area contributed by atoms with E-state index >= 15 is 0 Å². The number of carbonyl (C=O) groups is 4. The molecule has 0 radical (unpaired) electrons. The van der Waals surface area contributed by atoms with Crippen LogP contribution in [0.15, 0.2) is 12.1 Å². The lowest BCUT2D eigenvalue weighted by molar-refractivity contribution is -0.185. The average Bonchev–Trinajstić information content (AvgIpc) is 3.10. The van der Waals surface area contributed by atoms with Crippen LogP contribution in [0.2, 0.25) is 0 Å². The quantitative estimate of drug-likeness (QED) is 0.307. The van der Waals surface area contributed by atoms with Gasteiger partial charge < -0.3 is 40.3 Å². The minimum atomic E-state index is -2.74. The lowest BCUT2D eigenvalue weighted by atomic mass is 9.49. The predicted octanol–water partition coefficient (Wildman–Crippen LogP) is -0.503. The van der Waals surface area contributed by atoms with Gasteiger partial charge in [-0.3, -0.25) is 14.4 Å². The van der Waals surface area contributed by atoms with E-state index in [9.17, 15) is 29.4 Å². The third-order valence-corrected chi connectivity index (χ3v) is 7.81. The lowest BCUT2D eigenvalue weighted by Crippen LogP contribution is -2.76. The van der Waals surface area contributed by atoms with Gasteiger partial charge in [-0.1, -0.05) is 6.07 Å². The molecule has 1 spiro atoms. The minimum Gasteiger partial charge on any atom is -0.504 e. The molecule has 190 valence electrons. The van der Waals surface area contributed by atoms with Crippen LogP contribution in [-0.4, -0.2) is 96.2 Å². The molecule has 4 atom stereocenters. The molecule has 1 saturated carbocycles. The van der Waals surface area contributed by atoms with E-state index in [1.54, 1.807) is 6.07 Å². The molecule has 2 heterocycles. The van der Waals surface area contributed by atoms with Crippen molar-refractivity contribution in [3.63, 3.8) is 0 Å². The first-order chi connectivity index (χ1) is 16.3. The summed E-state index contributed by atoms with van der Waals surface area (Å²) in [7, 11) is 2.04. The molecule has 4 aliphatic rings. The molecule has 2 bridgehead atoms. The van der Waals surface area contributed by atoms with E-state index in [2.05, 4.69) is 4.90 Å². The Labute approximate surface area is 199 Å². The van der Waals surface area contributed by atoms with Gasteiger partial charge in [0.25, 0.3) is 0 Å². The van der Waals surface area contributed by atoms with E-state index in [0.29, 0.717) is 25.0 Å². The minimum absolute atomic E-state index is 0.00319. The second-order valence-electron chi connectivity index (χ2n) is 9.74. The van der Waals surface area contributed by atoms with Crippen molar-refractivity contribution in [1.82, 2.24) is 4.90 Å². The number of piperidine rings is 1. The van der Waals surface area contributed by atoms with Crippen molar-refractivity contribution in [1.29, 1.82) is 0 Å². The van der Waals surface area contributed by atoms with Gasteiger partial charge in [0.1, 0.15) is 0 Å². The van der Waals surface area contributed by atoms with Crippen LogP contribution in [0.25, 0.3) is 0 Å². The van der Waals surface area contributed by atoms with Gasteiger partial charge in [0.2, 0.25) is 0 Å². The molecule has 0 amide bonds. The van der Waals surface area contributed by atoms with E-state index in [1.165, 1.54) is 0 Å². The fourth-order valence-electron chi connectivity index (χ4n) is 6.25. The predicted molar refractivity (Wildman–Crippen MR) is 115 cm³/mol. The summed E-state index contributed by atoms with van der Waals surface area (Å²) in [5, 5.41) is 55.6. The second-order valence-corrected chi connectivity index (χ2v) is 9.74. The van der Waals surface area contributed by atoms with Gasteiger partial charge in [-0.2, -0.15) is 0 Å². The molecule has 2 aliphatic heterocycles. The number of hydrogen-bond donors (Lipinski definition) is 6. The first kappa shape index (κ1) is 24.9. The molecule has 1 aromatic rings. The van der Waals surface area contributed by atoms with E-state index in [-0.39, 0.29) is 17.6 Å². The highest BCUT2D eigenvalue weighted by molar-refractivity contribution is 5.90. The zero-order chi connectivity index (χ0) is 25.9. The monoisotopic (exact) mass is 493 g/mol. The molecular formula is C23H27NO11. The smallest absolute Gasteiger partial charge is 0.336 e. The summed E-state index contributed by atoms with van der Waals surface area (Å²) in [6.45, 7) is 0.828. The Balaban J connectivity index is 0.000000193. The SMILES string of the molecule is CN1CC[C@]23c4c5ccc(O)c4O[C@H]2C(=O)CC[C@@]3(O)[C@H]1C5.O=C(O)CC(O)(CC(=O)O)C(=O)O. The summed E-state index contributed by atoms with van der Waals surface area (Å²) in [6.07, 6.45) is -0.682. The van der Waals surface area contributed by atoms with Gasteiger partial charge in [0.15, 0.2) is 29.0 Å². The van der Waals surface area contributed by atoms with Crippen LogP contribution < -0.4 is 4.74 Å². The molecule has 5 rings (SSSR count). The second kappa shape index (κ2) is 8.18. The maximum Gasteiger partial charge on any atom is 0.336 e. The van der Waals surface area contributed by atoms with Crippen LogP contribution in [-0.2, 0) is 31.0 Å². The summed E-state index contributed by atoms with van der Waals surface area (Å²) >= 11 is 0. The van der Waals surface area contributed by atoms with Crippen molar-refractivity contribution in [2.45, 2.75) is 67.3 Å². The number of nitrogens with zero attached hydrogens (tertiary/aromatic N) is 1. The molecule has 12 nitrogen and oxygen atoms in total. The number of ketones is 1. The van der Waals surface area contributed by atoms with E-state index in [1.807, 2.05) is 13.1 Å². The molecule has 2 fully saturated rings. The summed E-state index contributed by atoms with van der Waals surface area (Å²) in [4.78, 5) is 45.2. The van der Waals surface area contributed by atoms with E-state index in [0.717, 1.165) is 24.1 Å². The van der Waals surface area contributed by atoms with Crippen molar-refractivity contribution in [3.05, 3.63) is 23.3 Å². The number of benzene rings is 1. The van der Waals surface area contributed by atoms with Crippen LogP contribution in [0.1, 0.15) is 43.2 Å². The van der Waals surface area contributed by atoms with Gasteiger partial charge in [-0.05, 0) is 44.5 Å². The number of phenols is 1. The number of ether oxygens (including phenoxy) is 1. The Hall–Kier alpha value is -3.22. The van der Waals surface area contributed by atoms with Crippen molar-refractivity contribution >= 4 is 23.7 Å². The number of carboxylic acid groups (broad SMARTS) is 3. The van der Waals surface area contributed by atoms with Crippen molar-refractivity contribution in [2.24, 2.45) is 0 Å². The molecule has 0 aromatic heterocycles. The largest absolute Gasteiger partial charge is 0.504 e. The van der Waals surface area contributed by atoms with E-state index < -0.39 is 53.5 Å². The number of aromatic hydroxyl groups is 1. The number of carboxylic acids is 3. The summed E-state index contributed by atoms with van der Waals surface area (Å²) in [5.41, 5.74) is -2.37. The zero-order valence-corrected chi connectivity index (χ0v) is 18.9. The van der Waals surface area contributed by atoms with Gasteiger partial charge in [0, 0.05) is 18.0 Å². The molecule has 12 heteroatoms. The van der Waals surface area contributed by atoms with E-state index in [4.69, 9.17) is 25.2 Å². The molecule has 1 saturated heterocycles. The third kappa shape index (κ3) is 3.55. The van der Waals surface area contributed by atoms with Crippen molar-refractivity contribution < 1.29 is 54.6 Å². The molecule has 0 unspecified atom stereocenters. The topological polar surface area (TPSA) is 202 Å². The molecule has 2 aliphatic carbocycles. The first-order valence-electron chi connectivity index (χ1n) is 11.1. The molecule has 35 heavy (non-hydrogen) atoms. The number of likely N-dealkylation sites (tertiary alicyclic amines) is 1. The number of rotatable bonds is 5. The number of phenolic OH excluding ortho intramolecular Hbond substituents is 1. The molecule has 1 aromatic carbocycles. The maximum absolute atomic E-state index is 12.5. The highest BCUT2D eigenvalue weighted by atomic mass is 16.5. The van der Waals surface area contributed by atoms with Gasteiger partial charge in [-0.15, -0.1) is 0 Å². The van der Waals surface area contributed by atoms with Gasteiger partial charge in [0.05, 0.1) is 23.9 Å². The van der Waals surface area contributed by atoms with Crippen molar-refractivity contribution in [3.8, 4) is 11.5 Å². The van der Waals surface area contributed by atoms with Gasteiger partial charge >= 0.3 is 17.9 Å². The van der Waals surface area contributed by atoms with Crippen LogP contribution in [0.5, 0.6) is 11.5 Å². The Morgan fingerprint density at radius 1 is 1.14 bits per heavy atom. The van der Waals surface area contributed by atoms with Gasteiger partial charge in [-0.25, -0.2) is 4.79 Å². The number of Topliss-reactive ketones (excluding diaryl/α,β-unsaturated/α-hetero) is 1. The normalized spacial score (nSPS) is 30.4. The zero-order valence-electron chi connectivity index (χ0n) is 18.9. The summed E-state index contributed by atoms with van der Waals surface area (Å²) in [5.74, 6) is -4.46. The third-order valence-electron chi connectivity index (χ3n) is 7.81. The first-order valence-corrected chi connectivity index (χ1v) is 11.1. The Bertz CT molecular complexity index is 1100. The lowest BCUT2D eigenvalue weighted by Gasteiger charge is -2.61. The summed E-state index contributed by atoms with van der Waals surface area (Å²) < 4.78 is 5.94. The van der Waals surface area contributed by atoms with Crippen LogP contribution >= 0.6 is 0 Å². The number of carbonyl (C=O) groups excluding carboxylic acids is 1. The molecular weight excluding hydrogens is 466 g/mol. The standard InChI is InChI=1S/C17H19NO4.C6H8O7/c1-18-7-6-16-13-9-2-3-10(19)14(13)22-15(16)11(20)4-5-17(16,21)12(18)8-9;7-3(8)1-6(13,5(11)12)2-4(9)10/h2-3,12,15,19,21H,4-8H2,1H3;13H,1-2H2,(H,7,8)(H,9,10)(H,11,12)/t12-,15+,16+,17-;/m1./s1. The fraction of sp³-hybridized carbons (Fsp3) is 0.565. The Morgan fingerprint density at radius 2 is 1.77 bits per heavy atom. The van der Waals surface area contributed by atoms with Crippen LogP contribution in [0.4, 0.5) is 0 Å². The number of aliphatic hydroxyl groups is 2. The highest BCUT2D eigenvalue weighted by Gasteiger charge is 2.72. The van der Waals surface area contributed by atoms with Crippen LogP contribution in [0.3, 0.4) is 0 Å². The summed E-state index contributed by atoms with van der Waals surface area (Å²) in [6, 6.07) is 3.57. The Kier molecular flexibility index (Phi) is 5.81.